The predicted octanol–water partition coefficient (Wildman–Crippen LogP) is 4.86. The van der Waals surface area contributed by atoms with Gasteiger partial charge in [-0.25, -0.2) is 4.98 Å². The first-order valence-corrected chi connectivity index (χ1v) is 8.35. The Morgan fingerprint density at radius 3 is 2.73 bits per heavy atom. The lowest BCUT2D eigenvalue weighted by Crippen LogP contribution is -2.21. The van der Waals surface area contributed by atoms with Crippen LogP contribution < -0.4 is 0 Å². The molecule has 0 atom stereocenters. The minimum Gasteiger partial charge on any atom is -0.245 e. The van der Waals surface area contributed by atoms with Gasteiger partial charge in [-0.05, 0) is 66.5 Å². The summed E-state index contributed by atoms with van der Waals surface area (Å²) in [6.45, 7) is 0. The van der Waals surface area contributed by atoms with E-state index in [1.807, 2.05) is 17.6 Å². The van der Waals surface area contributed by atoms with Crippen molar-refractivity contribution < 1.29 is 0 Å². The van der Waals surface area contributed by atoms with Crippen molar-refractivity contribution in [2.24, 2.45) is 0 Å². The minimum atomic E-state index is 0.634. The number of benzene rings is 2. The maximum absolute atomic E-state index is 8.85. The van der Waals surface area contributed by atoms with Gasteiger partial charge in [0.05, 0.1) is 27.4 Å². The van der Waals surface area contributed by atoms with E-state index in [1.54, 1.807) is 17.3 Å². The SMILES string of the molecule is N#Cc1ccc(C2C[C](Cc3ccc4ncsc4c3)C2)cc1. The lowest BCUT2D eigenvalue weighted by Gasteiger charge is -2.35. The number of nitrogens with zero attached hydrogens (tertiary/aromatic N) is 2. The van der Waals surface area contributed by atoms with Gasteiger partial charge < -0.3 is 0 Å². The third-order valence-corrected chi connectivity index (χ3v) is 5.22. The number of hydrogen-bond donors (Lipinski definition) is 0. The van der Waals surface area contributed by atoms with Gasteiger partial charge in [0, 0.05) is 0 Å². The van der Waals surface area contributed by atoms with Gasteiger partial charge in [0.1, 0.15) is 0 Å². The summed E-state index contributed by atoms with van der Waals surface area (Å²) in [7, 11) is 0. The van der Waals surface area contributed by atoms with E-state index in [4.69, 9.17) is 5.26 Å². The van der Waals surface area contributed by atoms with Crippen molar-refractivity contribution in [1.82, 2.24) is 4.98 Å². The number of rotatable bonds is 3. The highest BCUT2D eigenvalue weighted by Gasteiger charge is 2.30. The molecule has 0 unspecified atom stereocenters. The Bertz CT molecular complexity index is 836. The number of thiazole rings is 1. The number of nitriles is 1. The normalized spacial score (nSPS) is 15.6. The zero-order valence-corrected chi connectivity index (χ0v) is 12.9. The quantitative estimate of drug-likeness (QED) is 0.692. The van der Waals surface area contributed by atoms with Gasteiger partial charge in [-0.3, -0.25) is 0 Å². The molecule has 3 aromatic rings. The van der Waals surface area contributed by atoms with Crippen molar-refractivity contribution >= 4 is 21.6 Å². The lowest BCUT2D eigenvalue weighted by molar-refractivity contribution is 0.447. The first kappa shape index (κ1) is 13.5. The molecule has 1 aromatic heterocycles. The van der Waals surface area contributed by atoms with Crippen molar-refractivity contribution in [3.63, 3.8) is 0 Å². The molecule has 4 rings (SSSR count). The van der Waals surface area contributed by atoms with Gasteiger partial charge in [0.15, 0.2) is 0 Å². The molecule has 0 aliphatic heterocycles. The summed E-state index contributed by atoms with van der Waals surface area (Å²) in [6, 6.07) is 16.8. The van der Waals surface area contributed by atoms with Crippen LogP contribution in [0.1, 0.15) is 35.4 Å². The summed E-state index contributed by atoms with van der Waals surface area (Å²) >= 11 is 1.71. The van der Waals surface area contributed by atoms with E-state index in [2.05, 4.69) is 41.4 Å². The van der Waals surface area contributed by atoms with Crippen LogP contribution in [0.2, 0.25) is 0 Å². The first-order valence-electron chi connectivity index (χ1n) is 7.47. The fourth-order valence-corrected chi connectivity index (χ4v) is 3.89. The van der Waals surface area contributed by atoms with Crippen molar-refractivity contribution in [2.45, 2.75) is 25.2 Å². The van der Waals surface area contributed by atoms with Gasteiger partial charge in [0.2, 0.25) is 0 Å². The molecule has 1 aliphatic carbocycles. The molecular weight excluding hydrogens is 288 g/mol. The largest absolute Gasteiger partial charge is 0.245 e. The smallest absolute Gasteiger partial charge is 0.0991 e. The molecule has 3 heteroatoms. The zero-order chi connectivity index (χ0) is 14.9. The Morgan fingerprint density at radius 1 is 1.14 bits per heavy atom. The van der Waals surface area contributed by atoms with E-state index in [0.29, 0.717) is 5.92 Å². The molecule has 107 valence electrons. The summed E-state index contributed by atoms with van der Waals surface area (Å²) < 4.78 is 1.28. The molecule has 0 bridgehead atoms. The molecule has 0 N–H and O–H groups in total. The summed E-state index contributed by atoms with van der Waals surface area (Å²) in [6.07, 6.45) is 3.43. The second kappa shape index (κ2) is 5.55. The Kier molecular flexibility index (Phi) is 3.40. The summed E-state index contributed by atoms with van der Waals surface area (Å²) in [4.78, 5) is 4.33. The highest BCUT2D eigenvalue weighted by Crippen LogP contribution is 2.44. The van der Waals surface area contributed by atoms with Crippen molar-refractivity contribution in [3.8, 4) is 6.07 Å². The van der Waals surface area contributed by atoms with Crippen LogP contribution in [-0.2, 0) is 6.42 Å². The zero-order valence-electron chi connectivity index (χ0n) is 12.1. The highest BCUT2D eigenvalue weighted by atomic mass is 32.1. The third-order valence-electron chi connectivity index (χ3n) is 4.43. The predicted molar refractivity (Wildman–Crippen MR) is 89.7 cm³/mol. The lowest BCUT2D eigenvalue weighted by atomic mass is 9.69. The van der Waals surface area contributed by atoms with E-state index >= 15 is 0 Å². The summed E-state index contributed by atoms with van der Waals surface area (Å²) in [5.41, 5.74) is 6.50. The van der Waals surface area contributed by atoms with E-state index in [1.165, 1.54) is 28.7 Å². The number of fused-ring (bicyclic) bond motifs is 1. The van der Waals surface area contributed by atoms with Gasteiger partial charge in [0.25, 0.3) is 0 Å². The van der Waals surface area contributed by atoms with Crippen LogP contribution in [0, 0.1) is 17.2 Å². The van der Waals surface area contributed by atoms with Gasteiger partial charge in [-0.1, -0.05) is 18.2 Å². The monoisotopic (exact) mass is 303 g/mol. The number of hydrogen-bond acceptors (Lipinski definition) is 3. The van der Waals surface area contributed by atoms with Crippen molar-refractivity contribution in [3.05, 3.63) is 70.6 Å². The number of aromatic nitrogens is 1. The fourth-order valence-electron chi connectivity index (χ4n) is 3.15. The molecule has 1 heterocycles. The average Bonchev–Trinajstić information content (AvgIpc) is 2.98. The van der Waals surface area contributed by atoms with Gasteiger partial charge in [-0.2, -0.15) is 5.26 Å². The van der Waals surface area contributed by atoms with E-state index in [9.17, 15) is 0 Å². The van der Waals surface area contributed by atoms with Crippen LogP contribution in [0.5, 0.6) is 0 Å². The molecule has 0 spiro atoms. The summed E-state index contributed by atoms with van der Waals surface area (Å²) in [5.74, 6) is 2.26. The molecule has 2 aromatic carbocycles. The maximum Gasteiger partial charge on any atom is 0.0991 e. The van der Waals surface area contributed by atoms with Crippen LogP contribution in [0.25, 0.3) is 10.2 Å². The molecule has 22 heavy (non-hydrogen) atoms. The molecular formula is C19H15N2S. The second-order valence-corrected chi connectivity index (χ2v) is 6.81. The van der Waals surface area contributed by atoms with Crippen LogP contribution in [-0.4, -0.2) is 4.98 Å². The Morgan fingerprint density at radius 2 is 1.95 bits per heavy atom. The molecule has 1 aliphatic rings. The molecule has 1 radical (unpaired) electrons. The van der Waals surface area contributed by atoms with E-state index in [0.717, 1.165) is 17.5 Å². The third kappa shape index (κ3) is 2.51. The van der Waals surface area contributed by atoms with Crippen LogP contribution in [0.4, 0.5) is 0 Å². The van der Waals surface area contributed by atoms with E-state index in [-0.39, 0.29) is 0 Å². The molecule has 0 saturated heterocycles. The molecule has 1 fully saturated rings. The van der Waals surface area contributed by atoms with Gasteiger partial charge in [-0.15, -0.1) is 11.3 Å². The molecule has 1 saturated carbocycles. The molecule has 0 amide bonds. The average molecular weight is 303 g/mol. The van der Waals surface area contributed by atoms with Crippen molar-refractivity contribution in [1.29, 1.82) is 5.26 Å². The van der Waals surface area contributed by atoms with Crippen LogP contribution in [0.3, 0.4) is 0 Å². The van der Waals surface area contributed by atoms with Gasteiger partial charge >= 0.3 is 0 Å². The standard InChI is InChI=1S/C19H15N2S/c20-11-13-1-4-16(5-2-13)17-8-15(9-17)7-14-3-6-18-19(10-14)22-12-21-18/h1-6,10,12,17H,7-9H2. The first-order chi connectivity index (χ1) is 10.8. The highest BCUT2D eigenvalue weighted by molar-refractivity contribution is 7.16. The van der Waals surface area contributed by atoms with Crippen LogP contribution >= 0.6 is 11.3 Å². The van der Waals surface area contributed by atoms with Crippen molar-refractivity contribution in [2.75, 3.05) is 0 Å². The maximum atomic E-state index is 8.85. The topological polar surface area (TPSA) is 36.7 Å². The Hall–Kier alpha value is -2.18. The van der Waals surface area contributed by atoms with Crippen LogP contribution in [0.15, 0.2) is 48.0 Å². The Labute approximate surface area is 134 Å². The Balaban J connectivity index is 1.39. The second-order valence-electron chi connectivity index (χ2n) is 5.92. The summed E-state index contributed by atoms with van der Waals surface area (Å²) in [5, 5.41) is 8.85. The minimum absolute atomic E-state index is 0.634. The van der Waals surface area contributed by atoms with E-state index < -0.39 is 0 Å². The molecule has 2 nitrogen and oxygen atoms in total. The fraction of sp³-hybridized carbons (Fsp3) is 0.211.